The predicted molar refractivity (Wildman–Crippen MR) is 45.2 cm³/mol. The summed E-state index contributed by atoms with van der Waals surface area (Å²) >= 11 is 0. The third kappa shape index (κ3) is 22.4. The lowest BCUT2D eigenvalue weighted by Gasteiger charge is -2.00. The molecule has 0 unspecified atom stereocenters. The van der Waals surface area contributed by atoms with Crippen LogP contribution in [-0.4, -0.2) is 48.8 Å². The van der Waals surface area contributed by atoms with Crippen LogP contribution in [0.25, 0.3) is 0 Å². The van der Waals surface area contributed by atoms with Gasteiger partial charge in [-0.3, -0.25) is 0 Å². The summed E-state index contributed by atoms with van der Waals surface area (Å²) in [7, 11) is 0. The van der Waals surface area contributed by atoms with Crippen molar-refractivity contribution in [1.29, 1.82) is 0 Å². The Bertz CT molecular complexity index is 144. The van der Waals surface area contributed by atoms with Crippen LogP contribution in [0.15, 0.2) is 0 Å². The highest BCUT2D eigenvalue weighted by molar-refractivity contribution is 5.65. The molecule has 0 aliphatic heterocycles. The summed E-state index contributed by atoms with van der Waals surface area (Å²) in [6.07, 6.45) is -1.82. The Labute approximate surface area is 80.4 Å². The molecule has 0 saturated heterocycles. The van der Waals surface area contributed by atoms with Crippen molar-refractivity contribution in [2.24, 2.45) is 11.5 Å². The second-order valence-corrected chi connectivity index (χ2v) is 1.78. The molecule has 2 amide bonds. The topological polar surface area (TPSA) is 145 Å². The molecule has 0 heterocycles. The summed E-state index contributed by atoms with van der Waals surface area (Å²) in [6.45, 7) is -0.392. The van der Waals surface area contributed by atoms with Crippen molar-refractivity contribution >= 4 is 12.2 Å². The zero-order chi connectivity index (χ0) is 11.4. The SMILES string of the molecule is NC(=O)OCCOC(N)=O.OCCO. The van der Waals surface area contributed by atoms with Crippen LogP contribution in [-0.2, 0) is 9.47 Å². The molecule has 0 fully saturated rings. The fraction of sp³-hybridized carbons (Fsp3) is 0.667. The number of amides is 2. The van der Waals surface area contributed by atoms with E-state index in [9.17, 15) is 9.59 Å². The van der Waals surface area contributed by atoms with Gasteiger partial charge in [0.25, 0.3) is 0 Å². The van der Waals surface area contributed by atoms with Gasteiger partial charge in [-0.25, -0.2) is 9.59 Å². The lowest BCUT2D eigenvalue weighted by Crippen LogP contribution is -2.20. The van der Waals surface area contributed by atoms with Gasteiger partial charge in [0.1, 0.15) is 13.2 Å². The third-order valence-electron chi connectivity index (χ3n) is 0.672. The molecule has 84 valence electrons. The minimum absolute atomic E-state index is 0.0712. The van der Waals surface area contributed by atoms with Gasteiger partial charge in [0.05, 0.1) is 13.2 Å². The molecule has 0 aromatic rings. The number of nitrogens with two attached hydrogens (primary N) is 2. The van der Waals surface area contributed by atoms with Gasteiger partial charge in [-0.1, -0.05) is 0 Å². The standard InChI is InChI=1S/C4H8N2O4.C2H6O2/c5-3(7)9-1-2-10-4(6)8;3-1-2-4/h1-2H2,(H2,5,7)(H2,6,8);3-4H,1-2H2. The maximum atomic E-state index is 9.87. The van der Waals surface area contributed by atoms with Crippen LogP contribution in [0.4, 0.5) is 9.59 Å². The molecule has 8 heteroatoms. The number of primary amides is 2. The Morgan fingerprint density at radius 2 is 1.21 bits per heavy atom. The maximum absolute atomic E-state index is 9.87. The van der Waals surface area contributed by atoms with Gasteiger partial charge in [0.15, 0.2) is 0 Å². The van der Waals surface area contributed by atoms with E-state index in [0.29, 0.717) is 0 Å². The zero-order valence-electron chi connectivity index (χ0n) is 7.51. The van der Waals surface area contributed by atoms with E-state index in [0.717, 1.165) is 0 Å². The molecule has 0 bridgehead atoms. The van der Waals surface area contributed by atoms with E-state index in [4.69, 9.17) is 10.2 Å². The first-order valence-corrected chi connectivity index (χ1v) is 3.60. The average Bonchev–Trinajstić information content (AvgIpc) is 2.12. The van der Waals surface area contributed by atoms with Gasteiger partial charge in [0.2, 0.25) is 0 Å². The molecule has 0 aliphatic carbocycles. The molecule has 0 atom stereocenters. The quantitative estimate of drug-likeness (QED) is 0.400. The highest BCUT2D eigenvalue weighted by Crippen LogP contribution is 1.76. The molecular formula is C6H14N2O6. The lowest BCUT2D eigenvalue weighted by molar-refractivity contribution is 0.105. The van der Waals surface area contributed by atoms with Gasteiger partial charge in [-0.2, -0.15) is 0 Å². The minimum atomic E-state index is -0.909. The summed E-state index contributed by atoms with van der Waals surface area (Å²) in [5.41, 5.74) is 9.15. The Balaban J connectivity index is 0. The molecule has 14 heavy (non-hydrogen) atoms. The monoisotopic (exact) mass is 210 g/mol. The smallest absolute Gasteiger partial charge is 0.404 e. The van der Waals surface area contributed by atoms with Crippen molar-refractivity contribution in [1.82, 2.24) is 0 Å². The van der Waals surface area contributed by atoms with Crippen molar-refractivity contribution in [3.63, 3.8) is 0 Å². The summed E-state index contributed by atoms with van der Waals surface area (Å²) in [6, 6.07) is 0. The van der Waals surface area contributed by atoms with Crippen LogP contribution >= 0.6 is 0 Å². The van der Waals surface area contributed by atoms with Gasteiger partial charge >= 0.3 is 12.2 Å². The second kappa shape index (κ2) is 11.5. The fourth-order valence-corrected chi connectivity index (χ4v) is 0.285. The van der Waals surface area contributed by atoms with E-state index in [1.54, 1.807) is 0 Å². The lowest BCUT2D eigenvalue weighted by atomic mass is 10.8. The van der Waals surface area contributed by atoms with Crippen LogP contribution < -0.4 is 11.5 Å². The molecule has 0 saturated carbocycles. The van der Waals surface area contributed by atoms with E-state index in [2.05, 4.69) is 20.9 Å². The van der Waals surface area contributed by atoms with E-state index >= 15 is 0 Å². The van der Waals surface area contributed by atoms with Gasteiger partial charge in [0, 0.05) is 0 Å². The first kappa shape index (κ1) is 15.0. The Kier molecular flexibility index (Phi) is 12.2. The normalized spacial score (nSPS) is 8.14. The highest BCUT2D eigenvalue weighted by Gasteiger charge is 1.95. The van der Waals surface area contributed by atoms with Gasteiger partial charge in [-0.15, -0.1) is 0 Å². The first-order chi connectivity index (χ1) is 6.54. The van der Waals surface area contributed by atoms with Gasteiger partial charge in [-0.05, 0) is 0 Å². The zero-order valence-corrected chi connectivity index (χ0v) is 7.51. The second-order valence-electron chi connectivity index (χ2n) is 1.78. The number of aliphatic hydroxyl groups excluding tert-OH is 2. The van der Waals surface area contributed by atoms with Crippen LogP contribution in [0.1, 0.15) is 0 Å². The highest BCUT2D eigenvalue weighted by atomic mass is 16.6. The summed E-state index contributed by atoms with van der Waals surface area (Å²) in [4.78, 5) is 19.7. The number of ether oxygens (including phenoxy) is 2. The van der Waals surface area contributed by atoms with E-state index in [1.165, 1.54) is 0 Å². The van der Waals surface area contributed by atoms with Crippen molar-refractivity contribution in [3.05, 3.63) is 0 Å². The molecule has 8 nitrogen and oxygen atoms in total. The average molecular weight is 210 g/mol. The van der Waals surface area contributed by atoms with E-state index in [1.807, 2.05) is 0 Å². The number of rotatable bonds is 4. The Morgan fingerprint density at radius 1 is 0.929 bits per heavy atom. The molecule has 0 aliphatic rings. The van der Waals surface area contributed by atoms with Crippen LogP contribution in [0.2, 0.25) is 0 Å². The molecule has 0 aromatic heterocycles. The summed E-state index contributed by atoms with van der Waals surface area (Å²) < 4.78 is 8.40. The van der Waals surface area contributed by atoms with Crippen LogP contribution in [0, 0.1) is 0 Å². The number of carbonyl (C=O) groups is 2. The van der Waals surface area contributed by atoms with E-state index < -0.39 is 12.2 Å². The number of carbonyl (C=O) groups excluding carboxylic acids is 2. The summed E-state index contributed by atoms with van der Waals surface area (Å²) in [5, 5.41) is 15.2. The molecule has 0 spiro atoms. The Morgan fingerprint density at radius 3 is 1.36 bits per heavy atom. The van der Waals surface area contributed by atoms with Crippen molar-refractivity contribution < 1.29 is 29.3 Å². The predicted octanol–water partition coefficient (Wildman–Crippen LogP) is -1.85. The molecular weight excluding hydrogens is 196 g/mol. The van der Waals surface area contributed by atoms with Crippen molar-refractivity contribution in [3.8, 4) is 0 Å². The Hall–Kier alpha value is -1.54. The first-order valence-electron chi connectivity index (χ1n) is 3.60. The molecule has 0 radical (unpaired) electrons. The largest absolute Gasteiger partial charge is 0.446 e. The molecule has 6 N–H and O–H groups in total. The third-order valence-corrected chi connectivity index (χ3v) is 0.672. The van der Waals surface area contributed by atoms with E-state index in [-0.39, 0.29) is 26.4 Å². The fourth-order valence-electron chi connectivity index (χ4n) is 0.285. The van der Waals surface area contributed by atoms with Crippen LogP contribution in [0.3, 0.4) is 0 Å². The van der Waals surface area contributed by atoms with Crippen molar-refractivity contribution in [2.75, 3.05) is 26.4 Å². The molecule has 0 rings (SSSR count). The maximum Gasteiger partial charge on any atom is 0.404 e. The summed E-state index contributed by atoms with van der Waals surface area (Å²) in [5.74, 6) is 0. The number of hydrogen-bond donors (Lipinski definition) is 4. The minimum Gasteiger partial charge on any atom is -0.446 e. The number of hydrogen-bond acceptors (Lipinski definition) is 6. The molecule has 0 aromatic carbocycles. The van der Waals surface area contributed by atoms with Gasteiger partial charge < -0.3 is 31.2 Å². The van der Waals surface area contributed by atoms with Crippen LogP contribution in [0.5, 0.6) is 0 Å². The number of aliphatic hydroxyl groups is 2. The van der Waals surface area contributed by atoms with Crippen molar-refractivity contribution in [2.45, 2.75) is 0 Å².